The van der Waals surface area contributed by atoms with Gasteiger partial charge in [-0.3, -0.25) is 0 Å². The lowest BCUT2D eigenvalue weighted by Gasteiger charge is -2.09. The monoisotopic (exact) mass is 209 g/mol. The van der Waals surface area contributed by atoms with Crippen LogP contribution >= 0.6 is 0 Å². The average molecular weight is 209 g/mol. The van der Waals surface area contributed by atoms with Crippen LogP contribution in [0.1, 0.15) is 0 Å². The third-order valence-electron chi connectivity index (χ3n) is 2.38. The molecule has 0 bridgehead atoms. The van der Waals surface area contributed by atoms with E-state index in [-0.39, 0.29) is 28.6 Å². The van der Waals surface area contributed by atoms with Gasteiger partial charge in [-0.15, -0.1) is 0 Å². The second kappa shape index (κ2) is 4.79. The van der Waals surface area contributed by atoms with Crippen molar-refractivity contribution >= 4 is 44.1 Å². The summed E-state index contributed by atoms with van der Waals surface area (Å²) >= 11 is 0. The first-order valence-corrected chi connectivity index (χ1v) is 11.2. The smallest absolute Gasteiger partial charge is 0.0523 e. The molecule has 0 aromatic heterocycles. The molecule has 65 valence electrons. The molecular formula is C9H17Si3. The molecule has 0 saturated carbocycles. The molecule has 1 aromatic rings. The van der Waals surface area contributed by atoms with Crippen molar-refractivity contribution in [1.29, 1.82) is 0 Å². The minimum atomic E-state index is 0.0220. The predicted molar refractivity (Wildman–Crippen MR) is 67.4 cm³/mol. The van der Waals surface area contributed by atoms with Gasteiger partial charge in [-0.05, 0) is 6.07 Å². The summed E-state index contributed by atoms with van der Waals surface area (Å²) in [6, 6.07) is 7.89. The van der Waals surface area contributed by atoms with Crippen molar-refractivity contribution in [2.75, 3.05) is 0 Å². The van der Waals surface area contributed by atoms with Crippen molar-refractivity contribution in [3.05, 3.63) is 18.2 Å². The summed E-state index contributed by atoms with van der Waals surface area (Å²) in [5.74, 6) is 0. The van der Waals surface area contributed by atoms with Gasteiger partial charge in [0.15, 0.2) is 0 Å². The summed E-state index contributed by atoms with van der Waals surface area (Å²) in [7, 11) is 0.129. The predicted octanol–water partition coefficient (Wildman–Crippen LogP) is -1.99. The van der Waals surface area contributed by atoms with Crippen LogP contribution < -0.4 is 15.6 Å². The number of hydrogen-bond acceptors (Lipinski definition) is 0. The van der Waals surface area contributed by atoms with E-state index in [0.29, 0.717) is 0 Å². The zero-order valence-electron chi connectivity index (χ0n) is 8.28. The van der Waals surface area contributed by atoms with Crippen LogP contribution in [-0.4, -0.2) is 28.6 Å². The SMILES string of the molecule is C[SiH2]c1[c]ccc([SiH2]C)c1[SiH2]C. The Morgan fingerprint density at radius 2 is 1.83 bits per heavy atom. The Kier molecular flexibility index (Phi) is 3.97. The average Bonchev–Trinajstić information content (AvgIpc) is 2.16. The molecule has 0 amide bonds. The summed E-state index contributed by atoms with van der Waals surface area (Å²) in [5, 5.41) is 5.14. The Labute approximate surface area is 82.2 Å². The maximum absolute atomic E-state index is 3.43. The first-order valence-electron chi connectivity index (χ1n) is 4.84. The molecule has 0 fully saturated rings. The molecule has 0 nitrogen and oxygen atoms in total. The molecule has 0 heterocycles. The van der Waals surface area contributed by atoms with Gasteiger partial charge >= 0.3 is 0 Å². The molecular weight excluding hydrogens is 192 g/mol. The lowest BCUT2D eigenvalue weighted by molar-refractivity contribution is 1.83. The third-order valence-corrected chi connectivity index (χ3v) is 7.73. The molecule has 0 spiro atoms. The first-order chi connectivity index (χ1) is 5.83. The van der Waals surface area contributed by atoms with E-state index >= 15 is 0 Å². The van der Waals surface area contributed by atoms with Gasteiger partial charge in [0.2, 0.25) is 0 Å². The maximum Gasteiger partial charge on any atom is 0.0523 e. The van der Waals surface area contributed by atoms with Gasteiger partial charge < -0.3 is 0 Å². The lowest BCUT2D eigenvalue weighted by Crippen LogP contribution is -2.46. The van der Waals surface area contributed by atoms with Gasteiger partial charge in [0.25, 0.3) is 0 Å². The standard InChI is InChI=1S/C9H17Si3/c1-10-7-5-4-6-8(11-2)9(7)12-3/h4-5H,10-12H2,1-3H3. The number of benzene rings is 1. The summed E-state index contributed by atoms with van der Waals surface area (Å²) < 4.78 is 0. The maximum atomic E-state index is 3.43. The molecule has 0 N–H and O–H groups in total. The zero-order chi connectivity index (χ0) is 8.97. The van der Waals surface area contributed by atoms with E-state index < -0.39 is 0 Å². The Morgan fingerprint density at radius 3 is 2.33 bits per heavy atom. The quantitative estimate of drug-likeness (QED) is 0.506. The van der Waals surface area contributed by atoms with Crippen molar-refractivity contribution in [2.24, 2.45) is 0 Å². The number of hydrogen-bond donors (Lipinski definition) is 0. The Bertz CT molecular complexity index is 236. The summed E-state index contributed by atoms with van der Waals surface area (Å²) in [6.07, 6.45) is 0. The highest BCUT2D eigenvalue weighted by Crippen LogP contribution is 1.77. The fourth-order valence-corrected chi connectivity index (χ4v) is 8.03. The van der Waals surface area contributed by atoms with Crippen LogP contribution in [0.3, 0.4) is 0 Å². The van der Waals surface area contributed by atoms with Gasteiger partial charge in [0, 0.05) is 0 Å². The Balaban J connectivity index is 3.13. The van der Waals surface area contributed by atoms with Crippen LogP contribution in [0.4, 0.5) is 0 Å². The minimum absolute atomic E-state index is 0.0220. The molecule has 1 radical (unpaired) electrons. The highest BCUT2D eigenvalue weighted by molar-refractivity contribution is 6.72. The molecule has 0 saturated heterocycles. The third kappa shape index (κ3) is 1.97. The zero-order valence-corrected chi connectivity index (χ0v) is 12.5. The highest BCUT2D eigenvalue weighted by Gasteiger charge is 2.03. The minimum Gasteiger partial charge on any atom is -0.0708 e. The Morgan fingerprint density at radius 1 is 1.08 bits per heavy atom. The van der Waals surface area contributed by atoms with Crippen LogP contribution in [0, 0.1) is 6.07 Å². The van der Waals surface area contributed by atoms with Crippen molar-refractivity contribution in [3.8, 4) is 0 Å². The molecule has 3 heteroatoms. The van der Waals surface area contributed by atoms with Gasteiger partial charge in [0.1, 0.15) is 0 Å². The van der Waals surface area contributed by atoms with Crippen LogP contribution in [0.25, 0.3) is 0 Å². The van der Waals surface area contributed by atoms with E-state index in [1.54, 1.807) is 15.6 Å². The summed E-state index contributed by atoms with van der Waals surface area (Å²) in [5.41, 5.74) is 0. The van der Waals surface area contributed by atoms with E-state index in [1.165, 1.54) is 0 Å². The molecule has 0 unspecified atom stereocenters. The molecule has 0 aliphatic rings. The van der Waals surface area contributed by atoms with E-state index in [4.69, 9.17) is 0 Å². The van der Waals surface area contributed by atoms with Crippen molar-refractivity contribution in [3.63, 3.8) is 0 Å². The molecule has 12 heavy (non-hydrogen) atoms. The molecule has 0 aliphatic heterocycles. The fourth-order valence-electron chi connectivity index (χ4n) is 1.71. The largest absolute Gasteiger partial charge is 0.0708 e. The lowest BCUT2D eigenvalue weighted by atomic mass is 10.3. The van der Waals surface area contributed by atoms with Gasteiger partial charge in [-0.2, -0.15) is 0 Å². The van der Waals surface area contributed by atoms with Crippen LogP contribution in [0.5, 0.6) is 0 Å². The second-order valence-corrected chi connectivity index (χ2v) is 7.32. The van der Waals surface area contributed by atoms with Crippen LogP contribution in [-0.2, 0) is 0 Å². The second-order valence-electron chi connectivity index (χ2n) is 3.02. The van der Waals surface area contributed by atoms with Gasteiger partial charge in [0.05, 0.1) is 28.6 Å². The van der Waals surface area contributed by atoms with Crippen molar-refractivity contribution in [2.45, 2.75) is 19.6 Å². The molecule has 1 aromatic carbocycles. The first kappa shape index (κ1) is 9.95. The normalized spacial score (nSPS) is 13.2. The van der Waals surface area contributed by atoms with Crippen LogP contribution in [0.15, 0.2) is 12.1 Å². The highest BCUT2D eigenvalue weighted by atomic mass is 28.2. The summed E-state index contributed by atoms with van der Waals surface area (Å²) in [4.78, 5) is 0. The molecule has 0 aliphatic carbocycles. The Hall–Kier alpha value is -0.129. The van der Waals surface area contributed by atoms with E-state index in [2.05, 4.69) is 37.8 Å². The van der Waals surface area contributed by atoms with E-state index in [0.717, 1.165) is 0 Å². The topological polar surface area (TPSA) is 0 Å². The van der Waals surface area contributed by atoms with Gasteiger partial charge in [-0.1, -0.05) is 47.3 Å². The molecule has 1 rings (SSSR count). The van der Waals surface area contributed by atoms with Crippen LogP contribution in [0.2, 0.25) is 19.6 Å². The van der Waals surface area contributed by atoms with Gasteiger partial charge in [-0.25, -0.2) is 0 Å². The van der Waals surface area contributed by atoms with Crippen molar-refractivity contribution in [1.82, 2.24) is 0 Å². The fraction of sp³-hybridized carbons (Fsp3) is 0.333. The molecule has 0 atom stereocenters. The van der Waals surface area contributed by atoms with Crippen molar-refractivity contribution < 1.29 is 0 Å². The van der Waals surface area contributed by atoms with E-state index in [1.807, 2.05) is 0 Å². The van der Waals surface area contributed by atoms with E-state index in [9.17, 15) is 0 Å². The summed E-state index contributed by atoms with van der Waals surface area (Å²) in [6.45, 7) is 7.18. The number of rotatable bonds is 3.